The van der Waals surface area contributed by atoms with Crippen molar-refractivity contribution in [2.75, 3.05) is 26.8 Å². The Morgan fingerprint density at radius 2 is 2.38 bits per heavy atom. The summed E-state index contributed by atoms with van der Waals surface area (Å²) >= 11 is 0. The van der Waals surface area contributed by atoms with Gasteiger partial charge in [-0.15, -0.1) is 0 Å². The van der Waals surface area contributed by atoms with Crippen molar-refractivity contribution in [3.63, 3.8) is 0 Å². The maximum atomic E-state index is 11.8. The molecule has 0 aromatic heterocycles. The van der Waals surface area contributed by atoms with Gasteiger partial charge in [0.15, 0.2) is 0 Å². The van der Waals surface area contributed by atoms with Gasteiger partial charge in [0, 0.05) is 26.2 Å². The van der Waals surface area contributed by atoms with Crippen LogP contribution in [0.5, 0.6) is 0 Å². The molecule has 0 saturated carbocycles. The first-order chi connectivity index (χ1) is 7.63. The molecule has 1 aliphatic heterocycles. The zero-order chi connectivity index (χ0) is 12.0. The number of hydrogen-bond acceptors (Lipinski definition) is 3. The Balaban J connectivity index is 2.27. The van der Waals surface area contributed by atoms with Crippen molar-refractivity contribution in [1.29, 1.82) is 0 Å². The van der Waals surface area contributed by atoms with Gasteiger partial charge in [-0.25, -0.2) is 0 Å². The van der Waals surface area contributed by atoms with Gasteiger partial charge in [-0.2, -0.15) is 0 Å². The van der Waals surface area contributed by atoms with Crippen LogP contribution < -0.4 is 10.6 Å². The number of carbonyl (C=O) groups excluding carboxylic acids is 1. The van der Waals surface area contributed by atoms with Crippen molar-refractivity contribution >= 4 is 5.91 Å². The lowest BCUT2D eigenvalue weighted by molar-refractivity contribution is -0.123. The summed E-state index contributed by atoms with van der Waals surface area (Å²) in [5, 5.41) is 6.45. The van der Waals surface area contributed by atoms with Gasteiger partial charge in [0.2, 0.25) is 5.91 Å². The molecular weight excluding hydrogens is 204 g/mol. The molecule has 0 bridgehead atoms. The van der Waals surface area contributed by atoms with Crippen molar-refractivity contribution < 1.29 is 9.53 Å². The van der Waals surface area contributed by atoms with E-state index in [1.165, 1.54) is 0 Å². The van der Waals surface area contributed by atoms with Crippen LogP contribution in [0.4, 0.5) is 0 Å². The number of piperidine rings is 1. The highest BCUT2D eigenvalue weighted by molar-refractivity contribution is 5.76. The molecule has 1 fully saturated rings. The molecular formula is C12H24N2O2. The molecule has 1 rings (SSSR count). The van der Waals surface area contributed by atoms with Crippen LogP contribution in [0.1, 0.15) is 26.7 Å². The number of ether oxygens (including phenoxy) is 1. The van der Waals surface area contributed by atoms with E-state index < -0.39 is 0 Å². The van der Waals surface area contributed by atoms with Crippen LogP contribution in [0.15, 0.2) is 0 Å². The lowest BCUT2D eigenvalue weighted by atomic mass is 9.95. The lowest BCUT2D eigenvalue weighted by Gasteiger charge is -2.30. The predicted molar refractivity (Wildman–Crippen MR) is 64.2 cm³/mol. The van der Waals surface area contributed by atoms with Gasteiger partial charge in [0.25, 0.3) is 0 Å². The molecule has 0 aliphatic carbocycles. The Hall–Kier alpha value is -0.610. The van der Waals surface area contributed by atoms with Crippen molar-refractivity contribution in [1.82, 2.24) is 10.6 Å². The third-order valence-corrected chi connectivity index (χ3v) is 3.12. The highest BCUT2D eigenvalue weighted by Crippen LogP contribution is 2.11. The van der Waals surface area contributed by atoms with Crippen molar-refractivity contribution in [2.24, 2.45) is 11.8 Å². The molecule has 16 heavy (non-hydrogen) atoms. The summed E-state index contributed by atoms with van der Waals surface area (Å²) in [6.07, 6.45) is 1.59. The van der Waals surface area contributed by atoms with E-state index in [9.17, 15) is 4.79 Å². The molecule has 0 radical (unpaired) electrons. The average molecular weight is 228 g/mol. The highest BCUT2D eigenvalue weighted by Gasteiger charge is 2.22. The molecule has 4 heteroatoms. The summed E-state index contributed by atoms with van der Waals surface area (Å²) in [7, 11) is 1.67. The predicted octanol–water partition coefficient (Wildman–Crippen LogP) is 0.773. The second-order valence-electron chi connectivity index (χ2n) is 4.91. The molecule has 0 aromatic rings. The van der Waals surface area contributed by atoms with Gasteiger partial charge < -0.3 is 15.4 Å². The summed E-state index contributed by atoms with van der Waals surface area (Å²) in [6, 6.07) is 0.337. The van der Waals surface area contributed by atoms with E-state index in [2.05, 4.69) is 17.6 Å². The summed E-state index contributed by atoms with van der Waals surface area (Å²) in [5.74, 6) is 0.973. The largest absolute Gasteiger partial charge is 0.384 e. The first kappa shape index (κ1) is 13.5. The van der Waals surface area contributed by atoms with E-state index in [0.29, 0.717) is 30.9 Å². The summed E-state index contributed by atoms with van der Waals surface area (Å²) in [4.78, 5) is 11.8. The first-order valence-corrected chi connectivity index (χ1v) is 6.12. The van der Waals surface area contributed by atoms with E-state index >= 15 is 0 Å². The van der Waals surface area contributed by atoms with Crippen LogP contribution in [-0.4, -0.2) is 38.8 Å². The normalized spacial score (nSPS) is 27.4. The molecule has 3 atom stereocenters. The van der Waals surface area contributed by atoms with E-state index in [1.807, 2.05) is 6.92 Å². The van der Waals surface area contributed by atoms with Gasteiger partial charge in [0.05, 0.1) is 0 Å². The van der Waals surface area contributed by atoms with Crippen LogP contribution >= 0.6 is 0 Å². The molecule has 1 saturated heterocycles. The third kappa shape index (κ3) is 4.49. The number of nitrogens with one attached hydrogen (secondary N) is 2. The van der Waals surface area contributed by atoms with Crippen LogP contribution in [0.2, 0.25) is 0 Å². The lowest BCUT2D eigenvalue weighted by Crippen LogP contribution is -2.48. The summed E-state index contributed by atoms with van der Waals surface area (Å²) in [6.45, 7) is 6.86. The minimum absolute atomic E-state index is 0.156. The topological polar surface area (TPSA) is 50.4 Å². The van der Waals surface area contributed by atoms with Crippen molar-refractivity contribution in [3.05, 3.63) is 0 Å². The van der Waals surface area contributed by atoms with Crippen molar-refractivity contribution in [2.45, 2.75) is 32.7 Å². The zero-order valence-electron chi connectivity index (χ0n) is 10.6. The fourth-order valence-corrected chi connectivity index (χ4v) is 2.15. The van der Waals surface area contributed by atoms with E-state index in [4.69, 9.17) is 4.74 Å². The smallest absolute Gasteiger partial charge is 0.220 e. The monoisotopic (exact) mass is 228 g/mol. The fourth-order valence-electron chi connectivity index (χ4n) is 2.15. The van der Waals surface area contributed by atoms with E-state index in [1.54, 1.807) is 7.11 Å². The summed E-state index contributed by atoms with van der Waals surface area (Å²) < 4.78 is 5.03. The van der Waals surface area contributed by atoms with Gasteiger partial charge in [0.1, 0.15) is 0 Å². The standard InChI is InChI=1S/C12H24N2O2/c1-9(8-16-3)6-12(15)14-11-4-5-13-7-10(11)2/h9-11,13H,4-8H2,1-3H3,(H,14,15). The summed E-state index contributed by atoms with van der Waals surface area (Å²) in [5.41, 5.74) is 0. The second kappa shape index (κ2) is 6.86. The number of methoxy groups -OCH3 is 1. The quantitative estimate of drug-likeness (QED) is 0.731. The maximum Gasteiger partial charge on any atom is 0.220 e. The minimum Gasteiger partial charge on any atom is -0.384 e. The first-order valence-electron chi connectivity index (χ1n) is 6.12. The van der Waals surface area contributed by atoms with E-state index in [0.717, 1.165) is 19.5 Å². The molecule has 2 N–H and O–H groups in total. The van der Waals surface area contributed by atoms with Gasteiger partial charge in [-0.05, 0) is 31.3 Å². The molecule has 94 valence electrons. The minimum atomic E-state index is 0.156. The number of amides is 1. The van der Waals surface area contributed by atoms with Crippen LogP contribution in [0, 0.1) is 11.8 Å². The molecule has 1 aliphatic rings. The molecule has 0 aromatic carbocycles. The van der Waals surface area contributed by atoms with Gasteiger partial charge in [-0.1, -0.05) is 13.8 Å². The number of hydrogen-bond donors (Lipinski definition) is 2. The van der Waals surface area contributed by atoms with Crippen LogP contribution in [0.3, 0.4) is 0 Å². The Morgan fingerprint density at radius 1 is 1.62 bits per heavy atom. The van der Waals surface area contributed by atoms with Gasteiger partial charge >= 0.3 is 0 Å². The van der Waals surface area contributed by atoms with Crippen LogP contribution in [0.25, 0.3) is 0 Å². The Morgan fingerprint density at radius 3 is 3.00 bits per heavy atom. The molecule has 4 nitrogen and oxygen atoms in total. The number of carbonyl (C=O) groups is 1. The molecule has 1 amide bonds. The Kier molecular flexibility index (Phi) is 5.77. The molecule has 3 unspecified atom stereocenters. The number of rotatable bonds is 5. The molecule has 1 heterocycles. The SMILES string of the molecule is COCC(C)CC(=O)NC1CCNCC1C. The van der Waals surface area contributed by atoms with E-state index in [-0.39, 0.29) is 5.91 Å². The van der Waals surface area contributed by atoms with Crippen molar-refractivity contribution in [3.8, 4) is 0 Å². The van der Waals surface area contributed by atoms with Gasteiger partial charge in [-0.3, -0.25) is 4.79 Å². The molecule has 0 spiro atoms. The van der Waals surface area contributed by atoms with Crippen LogP contribution in [-0.2, 0) is 9.53 Å². The average Bonchev–Trinajstić information content (AvgIpc) is 2.21. The Labute approximate surface area is 98.1 Å². The third-order valence-electron chi connectivity index (χ3n) is 3.12. The Bertz CT molecular complexity index is 221. The maximum absolute atomic E-state index is 11.8. The highest BCUT2D eigenvalue weighted by atomic mass is 16.5. The second-order valence-corrected chi connectivity index (χ2v) is 4.91. The zero-order valence-corrected chi connectivity index (χ0v) is 10.6. The fraction of sp³-hybridized carbons (Fsp3) is 0.917.